The van der Waals surface area contributed by atoms with Crippen LogP contribution in [0.1, 0.15) is 16.3 Å². The third-order valence-corrected chi connectivity index (χ3v) is 4.21. The lowest BCUT2D eigenvalue weighted by molar-refractivity contribution is 0.101. The minimum Gasteiger partial charge on any atom is -0.497 e. The molecule has 7 nitrogen and oxygen atoms in total. The zero-order valence-electron chi connectivity index (χ0n) is 15.2. The number of hydrogen-bond acceptors (Lipinski definition) is 5. The molecule has 140 valence electrons. The van der Waals surface area contributed by atoms with E-state index >= 15 is 0 Å². The van der Waals surface area contributed by atoms with Crippen LogP contribution in [0.5, 0.6) is 5.75 Å². The molecule has 1 N–H and O–H groups in total. The summed E-state index contributed by atoms with van der Waals surface area (Å²) in [6, 6.07) is 20.3. The maximum absolute atomic E-state index is 12.6. The molecule has 0 atom stereocenters. The second-order valence-corrected chi connectivity index (χ2v) is 6.09. The van der Waals surface area contributed by atoms with Crippen LogP contribution in [-0.2, 0) is 6.54 Å². The highest BCUT2D eigenvalue weighted by molar-refractivity contribution is 6.03. The summed E-state index contributed by atoms with van der Waals surface area (Å²) in [5.74, 6) is 1.45. The molecule has 7 heteroatoms. The lowest BCUT2D eigenvalue weighted by Crippen LogP contribution is -2.17. The predicted molar refractivity (Wildman–Crippen MR) is 104 cm³/mol. The van der Waals surface area contributed by atoms with Crippen molar-refractivity contribution in [3.05, 3.63) is 84.4 Å². The highest BCUT2D eigenvalue weighted by Gasteiger charge is 2.14. The first-order chi connectivity index (χ1) is 13.7. The quantitative estimate of drug-likeness (QED) is 0.554. The zero-order chi connectivity index (χ0) is 19.3. The Morgan fingerprint density at radius 2 is 1.86 bits per heavy atom. The molecule has 0 unspecified atom stereocenters. The van der Waals surface area contributed by atoms with Crippen LogP contribution in [0.4, 0.5) is 5.69 Å². The van der Waals surface area contributed by atoms with Crippen molar-refractivity contribution in [2.75, 3.05) is 12.4 Å². The second kappa shape index (κ2) is 7.79. The van der Waals surface area contributed by atoms with E-state index in [1.165, 1.54) is 0 Å². The van der Waals surface area contributed by atoms with E-state index in [2.05, 4.69) is 15.5 Å². The minimum atomic E-state index is -0.220. The Labute approximate surface area is 161 Å². The first kappa shape index (κ1) is 17.5. The van der Waals surface area contributed by atoms with Crippen LogP contribution in [0.15, 0.2) is 77.4 Å². The molecule has 0 spiro atoms. The van der Waals surface area contributed by atoms with Gasteiger partial charge in [0, 0.05) is 17.4 Å². The van der Waals surface area contributed by atoms with Gasteiger partial charge in [0.05, 0.1) is 13.7 Å². The lowest BCUT2D eigenvalue weighted by atomic mass is 10.2. The number of nitrogens with one attached hydrogen (secondary N) is 1. The van der Waals surface area contributed by atoms with Gasteiger partial charge in [0.2, 0.25) is 0 Å². The molecule has 1 amide bonds. The Morgan fingerprint density at radius 1 is 1.07 bits per heavy atom. The number of rotatable bonds is 6. The Bertz CT molecular complexity index is 1070. The third kappa shape index (κ3) is 3.78. The van der Waals surface area contributed by atoms with Gasteiger partial charge < -0.3 is 19.1 Å². The van der Waals surface area contributed by atoms with Gasteiger partial charge in [-0.15, -0.1) is 0 Å². The molecule has 0 aliphatic carbocycles. The number of nitrogens with zero attached hydrogens (tertiary/aromatic N) is 3. The van der Waals surface area contributed by atoms with E-state index in [1.807, 2.05) is 36.5 Å². The maximum Gasteiger partial charge on any atom is 0.272 e. The summed E-state index contributed by atoms with van der Waals surface area (Å²) < 4.78 is 12.2. The summed E-state index contributed by atoms with van der Waals surface area (Å²) in [4.78, 5) is 17.1. The number of carbonyl (C=O) groups is 1. The first-order valence-electron chi connectivity index (χ1n) is 8.71. The topological polar surface area (TPSA) is 82.2 Å². The van der Waals surface area contributed by atoms with Crippen molar-refractivity contribution in [1.82, 2.24) is 14.7 Å². The highest BCUT2D eigenvalue weighted by atomic mass is 16.5. The van der Waals surface area contributed by atoms with Crippen molar-refractivity contribution < 1.29 is 14.1 Å². The van der Waals surface area contributed by atoms with Crippen LogP contribution in [0.3, 0.4) is 0 Å². The van der Waals surface area contributed by atoms with Crippen LogP contribution < -0.4 is 10.1 Å². The van der Waals surface area contributed by atoms with E-state index < -0.39 is 0 Å². The van der Waals surface area contributed by atoms with Gasteiger partial charge >= 0.3 is 0 Å². The molecule has 0 aliphatic heterocycles. The fourth-order valence-corrected chi connectivity index (χ4v) is 2.80. The molecule has 0 bridgehead atoms. The predicted octanol–water partition coefficient (Wildman–Crippen LogP) is 3.85. The summed E-state index contributed by atoms with van der Waals surface area (Å²) in [6.45, 7) is 0.328. The fraction of sp³-hybridized carbons (Fsp3) is 0.0952. The standard InChI is InChI=1S/C21H18N4O3/c1-27-17-11-9-16(10-12-17)22-20(26)18-8-5-13-25(18)14-19-23-21(28-24-19)15-6-3-2-4-7-15/h2-13H,14H2,1H3,(H,22,26). The number of amides is 1. The molecule has 0 saturated carbocycles. The maximum atomic E-state index is 12.6. The molecule has 2 heterocycles. The van der Waals surface area contributed by atoms with Gasteiger partial charge in [-0.2, -0.15) is 4.98 Å². The van der Waals surface area contributed by atoms with Crippen molar-refractivity contribution in [2.24, 2.45) is 0 Å². The fourth-order valence-electron chi connectivity index (χ4n) is 2.80. The van der Waals surface area contributed by atoms with Gasteiger partial charge in [0.1, 0.15) is 11.4 Å². The highest BCUT2D eigenvalue weighted by Crippen LogP contribution is 2.18. The van der Waals surface area contributed by atoms with Crippen LogP contribution in [0.2, 0.25) is 0 Å². The molecule has 0 aliphatic rings. The minimum absolute atomic E-state index is 0.220. The molecule has 0 fully saturated rings. The van der Waals surface area contributed by atoms with Gasteiger partial charge in [0.15, 0.2) is 5.82 Å². The molecule has 2 aromatic heterocycles. The van der Waals surface area contributed by atoms with E-state index in [0.717, 1.165) is 11.3 Å². The Kier molecular flexibility index (Phi) is 4.88. The molecule has 28 heavy (non-hydrogen) atoms. The Morgan fingerprint density at radius 3 is 2.61 bits per heavy atom. The number of hydrogen-bond donors (Lipinski definition) is 1. The number of carbonyl (C=O) groups excluding carboxylic acids is 1. The summed E-state index contributed by atoms with van der Waals surface area (Å²) in [5, 5.41) is 6.89. The number of aromatic nitrogens is 3. The molecule has 4 aromatic rings. The van der Waals surface area contributed by atoms with Crippen molar-refractivity contribution >= 4 is 11.6 Å². The molecular formula is C21H18N4O3. The van der Waals surface area contributed by atoms with Crippen molar-refractivity contribution in [2.45, 2.75) is 6.54 Å². The number of ether oxygens (including phenoxy) is 1. The van der Waals surface area contributed by atoms with E-state index in [0.29, 0.717) is 29.6 Å². The van der Waals surface area contributed by atoms with Gasteiger partial charge in [-0.1, -0.05) is 23.4 Å². The largest absolute Gasteiger partial charge is 0.497 e. The van der Waals surface area contributed by atoms with Crippen LogP contribution >= 0.6 is 0 Å². The summed E-state index contributed by atoms with van der Waals surface area (Å²) in [5.41, 5.74) is 2.04. The van der Waals surface area contributed by atoms with Crippen molar-refractivity contribution in [1.29, 1.82) is 0 Å². The summed E-state index contributed by atoms with van der Waals surface area (Å²) >= 11 is 0. The lowest BCUT2D eigenvalue weighted by Gasteiger charge is -2.09. The van der Waals surface area contributed by atoms with Crippen LogP contribution in [-0.4, -0.2) is 27.7 Å². The van der Waals surface area contributed by atoms with Crippen molar-refractivity contribution in [3.8, 4) is 17.2 Å². The van der Waals surface area contributed by atoms with Gasteiger partial charge in [-0.25, -0.2) is 0 Å². The third-order valence-electron chi connectivity index (χ3n) is 4.21. The van der Waals surface area contributed by atoms with Crippen molar-refractivity contribution in [3.63, 3.8) is 0 Å². The number of benzene rings is 2. The monoisotopic (exact) mass is 374 g/mol. The zero-order valence-corrected chi connectivity index (χ0v) is 15.2. The van der Waals surface area contributed by atoms with E-state index in [9.17, 15) is 4.79 Å². The molecule has 4 rings (SSSR count). The average Bonchev–Trinajstić information content (AvgIpc) is 3.39. The van der Waals surface area contributed by atoms with Gasteiger partial charge in [-0.05, 0) is 48.5 Å². The Balaban J connectivity index is 1.48. The second-order valence-electron chi connectivity index (χ2n) is 6.09. The summed E-state index contributed by atoms with van der Waals surface area (Å²) in [7, 11) is 1.60. The smallest absolute Gasteiger partial charge is 0.272 e. The summed E-state index contributed by atoms with van der Waals surface area (Å²) in [6.07, 6.45) is 1.81. The van der Waals surface area contributed by atoms with Crippen LogP contribution in [0.25, 0.3) is 11.5 Å². The number of methoxy groups -OCH3 is 1. The molecule has 0 radical (unpaired) electrons. The first-order valence-corrected chi connectivity index (χ1v) is 8.71. The van der Waals surface area contributed by atoms with E-state index in [4.69, 9.17) is 9.26 Å². The van der Waals surface area contributed by atoms with E-state index in [-0.39, 0.29) is 5.91 Å². The SMILES string of the molecule is COc1ccc(NC(=O)c2cccn2Cc2noc(-c3ccccc3)n2)cc1. The normalized spacial score (nSPS) is 10.6. The number of anilines is 1. The molecule has 0 saturated heterocycles. The van der Waals surface area contributed by atoms with Gasteiger partial charge in [0.25, 0.3) is 11.8 Å². The van der Waals surface area contributed by atoms with Crippen LogP contribution in [0, 0.1) is 0 Å². The molecule has 2 aromatic carbocycles. The Hall–Kier alpha value is -3.87. The average molecular weight is 374 g/mol. The van der Waals surface area contributed by atoms with Gasteiger partial charge in [-0.3, -0.25) is 4.79 Å². The van der Waals surface area contributed by atoms with E-state index in [1.54, 1.807) is 48.1 Å². The molecular weight excluding hydrogens is 356 g/mol.